The Kier molecular flexibility index (Phi) is 8.64. The third kappa shape index (κ3) is 5.56. The van der Waals surface area contributed by atoms with Crippen molar-refractivity contribution in [3.63, 3.8) is 0 Å². The van der Waals surface area contributed by atoms with Crippen LogP contribution in [0.2, 0.25) is 0 Å². The molecule has 1 aliphatic heterocycles. The number of benzene rings is 2. The maximum absolute atomic E-state index is 11.3. The van der Waals surface area contributed by atoms with Crippen molar-refractivity contribution < 1.29 is 23.7 Å². The van der Waals surface area contributed by atoms with Crippen LogP contribution >= 0.6 is 0 Å². The van der Waals surface area contributed by atoms with Gasteiger partial charge in [-0.25, -0.2) is 0 Å². The van der Waals surface area contributed by atoms with Crippen molar-refractivity contribution >= 4 is 6.41 Å². The minimum atomic E-state index is -0.706. The smallest absolute Gasteiger partial charge is 0.207 e. The molecule has 3 rings (SSSR count). The Labute approximate surface area is 202 Å². The maximum Gasteiger partial charge on any atom is 0.207 e. The average molecular weight is 467 g/mol. The van der Waals surface area contributed by atoms with Crippen LogP contribution in [0.25, 0.3) is 0 Å². The van der Waals surface area contributed by atoms with Crippen LogP contribution in [-0.4, -0.2) is 39.4 Å². The molecule has 2 aromatic rings. The van der Waals surface area contributed by atoms with Gasteiger partial charge in [-0.2, -0.15) is 5.26 Å². The summed E-state index contributed by atoms with van der Waals surface area (Å²) in [5.74, 6) is 2.77. The second-order valence-electron chi connectivity index (χ2n) is 8.94. The van der Waals surface area contributed by atoms with Gasteiger partial charge in [0.25, 0.3) is 0 Å². The summed E-state index contributed by atoms with van der Waals surface area (Å²) >= 11 is 0. The number of carbonyl (C=O) groups excluding carboxylic acids is 1. The molecule has 1 aliphatic rings. The van der Waals surface area contributed by atoms with Crippen molar-refractivity contribution in [2.75, 3.05) is 20.8 Å². The van der Waals surface area contributed by atoms with Crippen molar-refractivity contribution in [2.24, 2.45) is 11.3 Å². The van der Waals surface area contributed by atoms with Crippen LogP contribution in [0.3, 0.4) is 0 Å². The lowest BCUT2D eigenvalue weighted by Gasteiger charge is -2.40. The van der Waals surface area contributed by atoms with Gasteiger partial charge in [0.05, 0.1) is 25.7 Å². The molecule has 2 aromatic carbocycles. The fraction of sp³-hybridized carbons (Fsp3) is 0.481. The molecule has 1 N–H and O–H groups in total. The van der Waals surface area contributed by atoms with Crippen LogP contribution < -0.4 is 24.3 Å². The van der Waals surface area contributed by atoms with E-state index in [2.05, 4.69) is 25.2 Å². The van der Waals surface area contributed by atoms with Crippen LogP contribution in [0.15, 0.2) is 42.5 Å². The highest BCUT2D eigenvalue weighted by Gasteiger charge is 2.45. The zero-order valence-electron chi connectivity index (χ0n) is 20.4. The molecule has 0 spiro atoms. The molecule has 7 nitrogen and oxygen atoms in total. The molecule has 0 radical (unpaired) electrons. The number of nitrogens with one attached hydrogen (secondary N) is 1. The Bertz CT molecular complexity index is 1000. The number of nitriles is 1. The zero-order chi connectivity index (χ0) is 24.6. The topological polar surface area (TPSA) is 89.8 Å². The molecule has 0 fully saturated rings. The van der Waals surface area contributed by atoms with E-state index in [4.69, 9.17) is 18.9 Å². The van der Waals surface area contributed by atoms with Crippen LogP contribution in [0.4, 0.5) is 0 Å². The number of ether oxygens (including phenoxy) is 4. The normalized spacial score (nSPS) is 17.2. The maximum atomic E-state index is 11.3. The van der Waals surface area contributed by atoms with Gasteiger partial charge >= 0.3 is 0 Å². The second-order valence-corrected chi connectivity index (χ2v) is 8.94. The number of nitrogens with zero attached hydrogens (tertiary/aromatic N) is 1. The van der Waals surface area contributed by atoms with E-state index in [9.17, 15) is 10.1 Å². The Hall–Kier alpha value is -3.40. The fourth-order valence-electron chi connectivity index (χ4n) is 4.63. The van der Waals surface area contributed by atoms with Crippen molar-refractivity contribution in [2.45, 2.75) is 51.7 Å². The van der Waals surface area contributed by atoms with Crippen molar-refractivity contribution in [1.82, 2.24) is 5.32 Å². The minimum Gasteiger partial charge on any atom is -0.493 e. The van der Waals surface area contributed by atoms with Crippen molar-refractivity contribution in [3.05, 3.63) is 48.0 Å². The summed E-state index contributed by atoms with van der Waals surface area (Å²) in [6, 6.07) is 15.8. The van der Waals surface area contributed by atoms with Gasteiger partial charge in [-0.3, -0.25) is 4.79 Å². The highest BCUT2D eigenvalue weighted by molar-refractivity contribution is 5.47. The van der Waals surface area contributed by atoms with Gasteiger partial charge in [-0.05, 0) is 61.4 Å². The molecule has 3 atom stereocenters. The number of methoxy groups -OCH3 is 2. The third-order valence-corrected chi connectivity index (χ3v) is 6.70. The summed E-state index contributed by atoms with van der Waals surface area (Å²) < 4.78 is 22.9. The molecule has 7 heteroatoms. The highest BCUT2D eigenvalue weighted by Crippen LogP contribution is 2.43. The summed E-state index contributed by atoms with van der Waals surface area (Å²) in [5.41, 5.74) is 0.329. The number of rotatable bonds is 12. The lowest BCUT2D eigenvalue weighted by atomic mass is 9.70. The predicted molar refractivity (Wildman–Crippen MR) is 129 cm³/mol. The largest absolute Gasteiger partial charge is 0.493 e. The van der Waals surface area contributed by atoms with Crippen molar-refractivity contribution in [1.29, 1.82) is 5.26 Å². The van der Waals surface area contributed by atoms with Gasteiger partial charge in [0, 0.05) is 6.04 Å². The van der Waals surface area contributed by atoms with Crippen LogP contribution in [0.5, 0.6) is 23.0 Å². The van der Waals surface area contributed by atoms with E-state index in [0.717, 1.165) is 24.8 Å². The molecular formula is C27H34N2O5. The molecular weight excluding hydrogens is 432 g/mol. The van der Waals surface area contributed by atoms with E-state index in [1.165, 1.54) is 0 Å². The zero-order valence-corrected chi connectivity index (χ0v) is 20.4. The van der Waals surface area contributed by atoms with Crippen molar-refractivity contribution in [3.8, 4) is 29.1 Å². The number of amides is 1. The molecule has 0 aromatic heterocycles. The van der Waals surface area contributed by atoms with Crippen LogP contribution in [-0.2, 0) is 11.2 Å². The Morgan fingerprint density at radius 3 is 2.56 bits per heavy atom. The summed E-state index contributed by atoms with van der Waals surface area (Å²) in [7, 11) is 3.20. The molecule has 0 bridgehead atoms. The van der Waals surface area contributed by atoms with Gasteiger partial charge in [-0.15, -0.1) is 0 Å². The summed E-state index contributed by atoms with van der Waals surface area (Å²) in [4.78, 5) is 11.3. The van der Waals surface area contributed by atoms with E-state index >= 15 is 0 Å². The van der Waals surface area contributed by atoms with Gasteiger partial charge in [0.15, 0.2) is 29.1 Å². The third-order valence-electron chi connectivity index (χ3n) is 6.70. The summed E-state index contributed by atoms with van der Waals surface area (Å²) in [5, 5.41) is 13.2. The first-order valence-corrected chi connectivity index (χ1v) is 11.7. The highest BCUT2D eigenvalue weighted by atomic mass is 16.6. The molecule has 1 heterocycles. The monoisotopic (exact) mass is 466 g/mol. The lowest BCUT2D eigenvalue weighted by Crippen LogP contribution is -2.47. The number of fused-ring (bicyclic) bond motifs is 1. The quantitative estimate of drug-likeness (QED) is 0.462. The first-order chi connectivity index (χ1) is 16.5. The van der Waals surface area contributed by atoms with Gasteiger partial charge < -0.3 is 24.3 Å². The predicted octanol–water partition coefficient (Wildman–Crippen LogP) is 4.54. The SMILES string of the molecule is COc1ccc(CC(CCCC(C#N)(C(C)C)C2COc3ccccc3O2)NC=O)cc1OC. The average Bonchev–Trinajstić information content (AvgIpc) is 2.86. The molecule has 3 unspecified atom stereocenters. The van der Waals surface area contributed by atoms with Crippen LogP contribution in [0, 0.1) is 22.7 Å². The van der Waals surface area contributed by atoms with Gasteiger partial charge in [-0.1, -0.05) is 32.0 Å². The van der Waals surface area contributed by atoms with E-state index in [0.29, 0.717) is 42.4 Å². The standard InChI is InChI=1S/C27H34N2O5/c1-19(2)27(17-28,26-16-33-23-9-5-6-10-24(23)34-26)13-7-8-21(29-18-30)14-20-11-12-22(31-3)25(15-20)32-4/h5-6,9-12,15,18-19,21,26H,7-8,13-14,16H2,1-4H3,(H,29,30). The number of hydrogen-bond donors (Lipinski definition) is 1. The van der Waals surface area contributed by atoms with Gasteiger partial charge in [0.1, 0.15) is 6.61 Å². The number of para-hydroxylation sites is 2. The first kappa shape index (κ1) is 25.2. The Balaban J connectivity index is 1.68. The van der Waals surface area contributed by atoms with Gasteiger partial charge in [0.2, 0.25) is 6.41 Å². The number of hydrogen-bond acceptors (Lipinski definition) is 6. The second kappa shape index (κ2) is 11.6. The fourth-order valence-corrected chi connectivity index (χ4v) is 4.63. The van der Waals surface area contributed by atoms with E-state index in [1.54, 1.807) is 14.2 Å². The molecule has 0 saturated heterocycles. The number of carbonyl (C=O) groups is 1. The summed E-state index contributed by atoms with van der Waals surface area (Å²) in [6.07, 6.45) is 3.15. The van der Waals surface area contributed by atoms with E-state index in [-0.39, 0.29) is 18.1 Å². The van der Waals surface area contributed by atoms with Crippen LogP contribution in [0.1, 0.15) is 38.7 Å². The minimum absolute atomic E-state index is 0.0663. The summed E-state index contributed by atoms with van der Waals surface area (Å²) in [6.45, 7) is 4.44. The molecule has 0 aliphatic carbocycles. The Morgan fingerprint density at radius 1 is 1.18 bits per heavy atom. The molecule has 34 heavy (non-hydrogen) atoms. The first-order valence-electron chi connectivity index (χ1n) is 11.7. The molecule has 0 saturated carbocycles. The lowest BCUT2D eigenvalue weighted by molar-refractivity contribution is -0.110. The molecule has 182 valence electrons. The Morgan fingerprint density at radius 2 is 1.91 bits per heavy atom. The molecule has 1 amide bonds. The van der Waals surface area contributed by atoms with E-state index < -0.39 is 5.41 Å². The van der Waals surface area contributed by atoms with E-state index in [1.807, 2.05) is 42.5 Å².